The fourth-order valence-electron chi connectivity index (χ4n) is 6.40. The molecule has 2 aliphatic carbocycles. The molecule has 1 aromatic heterocycles. The summed E-state index contributed by atoms with van der Waals surface area (Å²) in [6.07, 6.45) is 13.6. The molecule has 2 N–H and O–H groups in total. The molecule has 4 aliphatic rings. The summed E-state index contributed by atoms with van der Waals surface area (Å²) in [6.45, 7) is 1.89. The van der Waals surface area contributed by atoms with E-state index in [1.807, 2.05) is 37.4 Å². The van der Waals surface area contributed by atoms with Crippen molar-refractivity contribution in [2.45, 2.75) is 30.4 Å². The molecule has 0 bridgehead atoms. The quantitative estimate of drug-likeness (QED) is 0.328. The number of aromatic nitrogens is 1. The lowest BCUT2D eigenvalue weighted by molar-refractivity contribution is -0.111. The number of fused-ring (bicyclic) bond motifs is 7. The average molecular weight is 610 g/mol. The highest BCUT2D eigenvalue weighted by Gasteiger charge is 2.41. The Balaban J connectivity index is 0.000000253. The highest BCUT2D eigenvalue weighted by Crippen LogP contribution is 2.41. The van der Waals surface area contributed by atoms with Crippen LogP contribution in [-0.4, -0.2) is 53.3 Å². The van der Waals surface area contributed by atoms with Gasteiger partial charge in [0.2, 0.25) is 0 Å². The summed E-state index contributed by atoms with van der Waals surface area (Å²) in [6, 6.07) is 13.9. The maximum absolute atomic E-state index is 12.7. The lowest BCUT2D eigenvalue weighted by Crippen LogP contribution is -2.39. The molecule has 3 heterocycles. The molecule has 0 fully saturated rings. The molecule has 0 radical (unpaired) electrons. The number of nitrogens with one attached hydrogen (secondary N) is 1. The number of hydrogen-bond donors (Lipinski definition) is 2. The molecule has 2 aliphatic heterocycles. The van der Waals surface area contributed by atoms with Crippen LogP contribution in [0, 0.1) is 0 Å². The first-order valence-corrected chi connectivity index (χ1v) is 15.5. The zero-order chi connectivity index (χ0) is 29.9. The Labute approximate surface area is 251 Å². The van der Waals surface area contributed by atoms with Crippen molar-refractivity contribution in [2.24, 2.45) is 20.0 Å². The minimum Gasteiger partial charge on any atom is -0.361 e. The van der Waals surface area contributed by atoms with Crippen LogP contribution in [0.15, 0.2) is 80.8 Å². The monoisotopic (exact) mass is 609 g/mol. The molecule has 1 amide bonds. The van der Waals surface area contributed by atoms with Gasteiger partial charge in [-0.1, -0.05) is 67.1 Å². The van der Waals surface area contributed by atoms with Crippen LogP contribution in [0.3, 0.4) is 0 Å². The van der Waals surface area contributed by atoms with Gasteiger partial charge in [-0.3, -0.25) is 9.35 Å². The van der Waals surface area contributed by atoms with E-state index in [0.717, 1.165) is 44.4 Å². The number of hydrogen-bond acceptors (Lipinski definition) is 6. The van der Waals surface area contributed by atoms with Gasteiger partial charge < -0.3 is 4.98 Å². The van der Waals surface area contributed by atoms with Crippen molar-refractivity contribution in [3.05, 3.63) is 93.0 Å². The molecule has 9 nitrogen and oxygen atoms in total. The number of benzene rings is 3. The standard InChI is InChI=1S/C27H22ClNO3S.C5H2N4O/c1-15-18-9-10-20-19-5-3-2-4-16(19)6-8-21(20)22(18)13-24(27(15)33(30,31)32)25-14-29-26-11-7-17(28)12-23(25)26;10-5-3-4(7-1-6-3)8-2-9-5/h2-3,5-15,24,27,29H,4H2,1H3,(H,30,31,32);1-2H. The molecule has 0 saturated carbocycles. The van der Waals surface area contributed by atoms with Crippen LogP contribution < -0.4 is 10.4 Å². The Morgan fingerprint density at radius 3 is 2.56 bits per heavy atom. The highest BCUT2D eigenvalue weighted by atomic mass is 35.5. The Kier molecular flexibility index (Phi) is 6.57. The number of allylic oxidation sites excluding steroid dienone is 2. The predicted octanol–water partition coefficient (Wildman–Crippen LogP) is 4.24. The van der Waals surface area contributed by atoms with E-state index < -0.39 is 27.2 Å². The van der Waals surface area contributed by atoms with E-state index >= 15 is 0 Å². The smallest absolute Gasteiger partial charge is 0.301 e. The molecule has 214 valence electrons. The van der Waals surface area contributed by atoms with Crippen molar-refractivity contribution in [2.75, 3.05) is 0 Å². The van der Waals surface area contributed by atoms with E-state index in [-0.39, 0.29) is 11.6 Å². The Morgan fingerprint density at radius 2 is 1.74 bits per heavy atom. The number of aliphatic imine (C=N–C) groups is 4. The first-order chi connectivity index (χ1) is 20.7. The predicted molar refractivity (Wildman–Crippen MR) is 172 cm³/mol. The Morgan fingerprint density at radius 1 is 0.953 bits per heavy atom. The highest BCUT2D eigenvalue weighted by molar-refractivity contribution is 7.86. The molecule has 3 unspecified atom stereocenters. The summed E-state index contributed by atoms with van der Waals surface area (Å²) < 4.78 is 35.6. The van der Waals surface area contributed by atoms with Gasteiger partial charge in [-0.05, 0) is 62.5 Å². The van der Waals surface area contributed by atoms with E-state index in [4.69, 9.17) is 11.6 Å². The van der Waals surface area contributed by atoms with Gasteiger partial charge in [0, 0.05) is 34.0 Å². The molecule has 3 atom stereocenters. The van der Waals surface area contributed by atoms with E-state index in [9.17, 15) is 17.8 Å². The van der Waals surface area contributed by atoms with Crippen LogP contribution in [0.5, 0.6) is 0 Å². The summed E-state index contributed by atoms with van der Waals surface area (Å²) in [5.74, 6) is -0.929. The van der Waals surface area contributed by atoms with Gasteiger partial charge in [0.05, 0.1) is 0 Å². The number of carbonyl (C=O) groups is 1. The third-order valence-corrected chi connectivity index (χ3v) is 9.97. The first kappa shape index (κ1) is 27.3. The van der Waals surface area contributed by atoms with Crippen molar-refractivity contribution in [1.29, 1.82) is 0 Å². The fourth-order valence-corrected chi connectivity index (χ4v) is 7.83. The number of halogens is 1. The summed E-state index contributed by atoms with van der Waals surface area (Å²) in [4.78, 5) is 28.5. The summed E-state index contributed by atoms with van der Waals surface area (Å²) in [5.41, 5.74) is 4.15. The number of aromatic amines is 1. The van der Waals surface area contributed by atoms with Gasteiger partial charge >= 0.3 is 5.91 Å². The van der Waals surface area contributed by atoms with Crippen molar-refractivity contribution < 1.29 is 17.8 Å². The van der Waals surface area contributed by atoms with Gasteiger partial charge in [0.15, 0.2) is 11.5 Å². The summed E-state index contributed by atoms with van der Waals surface area (Å²) in [7, 11) is -4.33. The van der Waals surface area contributed by atoms with Gasteiger partial charge in [-0.25, -0.2) is 15.0 Å². The second-order valence-electron chi connectivity index (χ2n) is 10.7. The summed E-state index contributed by atoms with van der Waals surface area (Å²) in [5, 5.41) is 4.96. The number of carbonyl (C=O) groups excluding carboxylic acids is 1. The second-order valence-corrected chi connectivity index (χ2v) is 12.7. The van der Waals surface area contributed by atoms with Crippen LogP contribution >= 0.6 is 11.6 Å². The maximum Gasteiger partial charge on any atom is 0.301 e. The zero-order valence-electron chi connectivity index (χ0n) is 22.8. The molecule has 3 aromatic carbocycles. The van der Waals surface area contributed by atoms with Crippen molar-refractivity contribution in [3.8, 4) is 0 Å². The number of rotatable bonds is 2. The normalized spacial score (nSPS) is 21.7. The summed E-state index contributed by atoms with van der Waals surface area (Å²) >= 11 is 6.27. The van der Waals surface area contributed by atoms with E-state index in [1.54, 1.807) is 6.07 Å². The lowest BCUT2D eigenvalue weighted by atomic mass is 9.78. The van der Waals surface area contributed by atoms with E-state index in [0.29, 0.717) is 10.9 Å². The molecule has 11 heteroatoms. The average Bonchev–Trinajstić information content (AvgIpc) is 3.64. The van der Waals surface area contributed by atoms with Gasteiger partial charge in [0.25, 0.3) is 10.1 Å². The van der Waals surface area contributed by atoms with Gasteiger partial charge in [-0.15, -0.1) is 0 Å². The van der Waals surface area contributed by atoms with Crippen LogP contribution in [0.2, 0.25) is 5.02 Å². The zero-order valence-corrected chi connectivity index (χ0v) is 24.3. The lowest BCUT2D eigenvalue weighted by Gasteiger charge is -2.32. The fraction of sp³-hybridized carbons (Fsp3) is 0.156. The molecular formula is C32H24ClN5O4S. The molecule has 0 spiro atoms. The Hall–Kier alpha value is -4.51. The molecule has 8 rings (SSSR count). The van der Waals surface area contributed by atoms with Crippen molar-refractivity contribution in [3.63, 3.8) is 0 Å². The molecular weight excluding hydrogens is 586 g/mol. The maximum atomic E-state index is 12.7. The number of nitrogens with zero attached hydrogens (tertiary/aromatic N) is 4. The minimum atomic E-state index is -4.33. The molecule has 43 heavy (non-hydrogen) atoms. The topological polar surface area (TPSA) is 137 Å². The van der Waals surface area contributed by atoms with Crippen LogP contribution in [0.4, 0.5) is 0 Å². The van der Waals surface area contributed by atoms with Gasteiger partial charge in [-0.2, -0.15) is 13.4 Å². The van der Waals surface area contributed by atoms with E-state index in [1.165, 1.54) is 23.5 Å². The number of amides is 1. The second kappa shape index (κ2) is 10.3. The third kappa shape index (κ3) is 4.68. The Bertz CT molecular complexity index is 2260. The third-order valence-electron chi connectivity index (χ3n) is 8.34. The van der Waals surface area contributed by atoms with E-state index in [2.05, 4.69) is 61.4 Å². The van der Waals surface area contributed by atoms with Crippen LogP contribution in [-0.2, 0) is 21.3 Å². The van der Waals surface area contributed by atoms with Crippen LogP contribution in [0.1, 0.15) is 35.4 Å². The minimum absolute atomic E-state index is 0.238. The number of H-pyrrole nitrogens is 1. The number of amidine groups is 1. The first-order valence-electron chi connectivity index (χ1n) is 13.6. The molecule has 0 saturated heterocycles. The molecule has 4 aromatic rings. The van der Waals surface area contributed by atoms with Gasteiger partial charge in [0.1, 0.15) is 17.9 Å². The van der Waals surface area contributed by atoms with Crippen molar-refractivity contribution in [1.82, 2.24) is 4.98 Å². The van der Waals surface area contributed by atoms with Crippen LogP contribution in [0.25, 0.3) is 33.8 Å². The van der Waals surface area contributed by atoms with Crippen molar-refractivity contribution >= 4 is 85.7 Å². The largest absolute Gasteiger partial charge is 0.361 e. The SMILES string of the molecule is CC1c2ccc3c4c(ccc3c2=CC(c2c[nH]c3ccc(Cl)cc23)C1S(=O)(=O)O)CC=CC=4.O=C1N=CN=C2N=CN=C12.